The number of allylic oxidation sites excluding steroid dienone is 1. The van der Waals surface area contributed by atoms with Gasteiger partial charge in [-0.05, 0) is 107 Å². The zero-order valence-electron chi connectivity index (χ0n) is 25.1. The van der Waals surface area contributed by atoms with Gasteiger partial charge >= 0.3 is 11.9 Å². The number of hydrogen-bond donors (Lipinski definition) is 0. The molecule has 8 nitrogen and oxygen atoms in total. The van der Waals surface area contributed by atoms with E-state index in [-0.39, 0.29) is 24.7 Å². The maximum atomic E-state index is 13.9. The predicted octanol–water partition coefficient (Wildman–Crippen LogP) is 6.39. The normalized spacial score (nSPS) is 14.5. The summed E-state index contributed by atoms with van der Waals surface area (Å²) in [6.07, 6.45) is 1.80. The molecule has 0 saturated heterocycles. The average molecular weight is 754 g/mol. The van der Waals surface area contributed by atoms with E-state index in [0.29, 0.717) is 47.5 Å². The summed E-state index contributed by atoms with van der Waals surface area (Å²) in [4.78, 5) is 44.1. The maximum absolute atomic E-state index is 13.9. The fraction of sp³-hybridized carbons (Fsp3) is 0.235. The lowest BCUT2D eigenvalue weighted by Gasteiger charge is -2.24. The van der Waals surface area contributed by atoms with Crippen molar-refractivity contribution in [1.29, 1.82) is 0 Å². The third-order valence-electron chi connectivity index (χ3n) is 7.08. The molecule has 232 valence electrons. The van der Waals surface area contributed by atoms with Crippen LogP contribution in [0.25, 0.3) is 6.08 Å². The van der Waals surface area contributed by atoms with Crippen LogP contribution in [-0.2, 0) is 20.9 Å². The third kappa shape index (κ3) is 7.05. The molecule has 1 atom stereocenters. The number of aryl methyl sites for hydroxylation is 1. The lowest BCUT2D eigenvalue weighted by atomic mass is 9.95. The van der Waals surface area contributed by atoms with Gasteiger partial charge in [0.05, 0.1) is 49.6 Å². The third-order valence-corrected chi connectivity index (χ3v) is 9.24. The van der Waals surface area contributed by atoms with Crippen LogP contribution in [0.1, 0.15) is 59.4 Å². The van der Waals surface area contributed by atoms with Crippen LogP contribution in [0.4, 0.5) is 0 Å². The number of hydrogen-bond acceptors (Lipinski definition) is 8. The lowest BCUT2D eigenvalue weighted by molar-refractivity contribution is -0.139. The summed E-state index contributed by atoms with van der Waals surface area (Å²) in [5, 5.41) is 0. The van der Waals surface area contributed by atoms with Crippen molar-refractivity contribution < 1.29 is 23.8 Å². The minimum atomic E-state index is -0.663. The lowest BCUT2D eigenvalue weighted by Crippen LogP contribution is -2.39. The summed E-state index contributed by atoms with van der Waals surface area (Å²) in [7, 11) is 0. The number of carbonyl (C=O) groups excluding carboxylic acids is 2. The van der Waals surface area contributed by atoms with Gasteiger partial charge in [-0.2, -0.15) is 0 Å². The van der Waals surface area contributed by atoms with Gasteiger partial charge in [0.2, 0.25) is 0 Å². The van der Waals surface area contributed by atoms with Crippen LogP contribution >= 0.6 is 43.2 Å². The van der Waals surface area contributed by atoms with Crippen molar-refractivity contribution in [3.05, 3.63) is 128 Å². The standard InChI is InChI=1S/C34H30Br2N2O6S/c1-5-42-32(40)24-13-9-21(10-14-24)18-44-30-25(35)15-22(16-26(30)36)17-27-31(39)38-29(23-11-7-19(3)8-12-23)28(33(41)43-6-2)20(4)37-34(38)45-27/h7-17,29H,5-6,18H2,1-4H3/b27-17-/t29-/m0/s1. The molecule has 0 fully saturated rings. The number of fused-ring (bicyclic) bond motifs is 1. The molecule has 1 aliphatic rings. The minimum Gasteiger partial charge on any atom is -0.487 e. The number of halogens is 2. The number of thiazole rings is 1. The van der Waals surface area contributed by atoms with Gasteiger partial charge in [0.25, 0.3) is 5.56 Å². The van der Waals surface area contributed by atoms with Crippen LogP contribution in [-0.4, -0.2) is 29.7 Å². The average Bonchev–Trinajstić information content (AvgIpc) is 3.30. The first-order chi connectivity index (χ1) is 21.6. The van der Waals surface area contributed by atoms with Gasteiger partial charge in [-0.25, -0.2) is 14.6 Å². The SMILES string of the molecule is CCOC(=O)C1=C(C)N=c2s/c(=C\c3cc(Br)c(OCc4ccc(C(=O)OCC)cc4)c(Br)c3)c(=O)n2[C@H]1c1ccc(C)cc1. The molecule has 2 heterocycles. The van der Waals surface area contributed by atoms with Crippen molar-refractivity contribution in [3.8, 4) is 5.75 Å². The number of carbonyl (C=O) groups is 2. The first kappa shape index (κ1) is 32.6. The predicted molar refractivity (Wildman–Crippen MR) is 180 cm³/mol. The van der Waals surface area contributed by atoms with E-state index in [2.05, 4.69) is 36.9 Å². The van der Waals surface area contributed by atoms with Crippen molar-refractivity contribution in [2.45, 2.75) is 40.3 Å². The molecule has 3 aromatic carbocycles. The van der Waals surface area contributed by atoms with Crippen molar-refractivity contribution in [2.24, 2.45) is 4.99 Å². The van der Waals surface area contributed by atoms with Crippen LogP contribution in [0.3, 0.4) is 0 Å². The monoisotopic (exact) mass is 752 g/mol. The van der Waals surface area contributed by atoms with Gasteiger partial charge in [-0.1, -0.05) is 53.3 Å². The second-order valence-electron chi connectivity index (χ2n) is 10.2. The highest BCUT2D eigenvalue weighted by Crippen LogP contribution is 2.36. The van der Waals surface area contributed by atoms with E-state index in [4.69, 9.17) is 14.2 Å². The number of aromatic nitrogens is 1. The van der Waals surface area contributed by atoms with Crippen LogP contribution in [0.2, 0.25) is 0 Å². The van der Waals surface area contributed by atoms with Gasteiger partial charge in [0.1, 0.15) is 12.4 Å². The van der Waals surface area contributed by atoms with Crippen molar-refractivity contribution >= 4 is 61.2 Å². The van der Waals surface area contributed by atoms with Crippen molar-refractivity contribution in [2.75, 3.05) is 13.2 Å². The second kappa shape index (κ2) is 14.1. The molecule has 4 aromatic rings. The molecule has 1 aromatic heterocycles. The zero-order valence-corrected chi connectivity index (χ0v) is 29.0. The molecule has 0 saturated carbocycles. The van der Waals surface area contributed by atoms with E-state index in [1.807, 2.05) is 55.5 Å². The Morgan fingerprint density at radius 2 is 1.56 bits per heavy atom. The molecule has 1 aliphatic heterocycles. The quantitative estimate of drug-likeness (QED) is 0.184. The molecule has 5 rings (SSSR count). The Morgan fingerprint density at radius 3 is 2.18 bits per heavy atom. The number of rotatable bonds is 9. The molecule has 0 unspecified atom stereocenters. The summed E-state index contributed by atoms with van der Waals surface area (Å²) < 4.78 is 19.9. The highest BCUT2D eigenvalue weighted by Gasteiger charge is 2.33. The summed E-state index contributed by atoms with van der Waals surface area (Å²) in [6, 6.07) is 17.9. The topological polar surface area (TPSA) is 96.2 Å². The van der Waals surface area contributed by atoms with Crippen LogP contribution in [0.5, 0.6) is 5.75 Å². The molecule has 45 heavy (non-hydrogen) atoms. The largest absolute Gasteiger partial charge is 0.487 e. The second-order valence-corrected chi connectivity index (χ2v) is 13.0. The van der Waals surface area contributed by atoms with E-state index < -0.39 is 12.0 Å². The van der Waals surface area contributed by atoms with E-state index >= 15 is 0 Å². The van der Waals surface area contributed by atoms with Crippen LogP contribution in [0, 0.1) is 6.92 Å². The summed E-state index contributed by atoms with van der Waals surface area (Å²) in [5.74, 6) is -0.257. The summed E-state index contributed by atoms with van der Waals surface area (Å²) in [6.45, 7) is 8.09. The smallest absolute Gasteiger partial charge is 0.338 e. The zero-order chi connectivity index (χ0) is 32.2. The van der Waals surface area contributed by atoms with E-state index in [9.17, 15) is 14.4 Å². The minimum absolute atomic E-state index is 0.214. The number of nitrogens with zero attached hydrogens (tertiary/aromatic N) is 2. The number of ether oxygens (including phenoxy) is 3. The van der Waals surface area contributed by atoms with Crippen LogP contribution < -0.4 is 19.6 Å². The fourth-order valence-electron chi connectivity index (χ4n) is 4.91. The molecule has 11 heteroatoms. The Morgan fingerprint density at radius 1 is 0.933 bits per heavy atom. The van der Waals surface area contributed by atoms with Gasteiger partial charge < -0.3 is 14.2 Å². The molecular weight excluding hydrogens is 724 g/mol. The highest BCUT2D eigenvalue weighted by molar-refractivity contribution is 9.11. The van der Waals surface area contributed by atoms with E-state index in [0.717, 1.165) is 22.3 Å². The Balaban J connectivity index is 1.46. The Labute approximate surface area is 280 Å². The molecule has 0 aliphatic carbocycles. The number of benzene rings is 3. The van der Waals surface area contributed by atoms with Crippen molar-refractivity contribution in [3.63, 3.8) is 0 Å². The molecule has 0 N–H and O–H groups in total. The number of esters is 2. The van der Waals surface area contributed by atoms with E-state index in [1.165, 1.54) is 11.3 Å². The Kier molecular flexibility index (Phi) is 10.2. The van der Waals surface area contributed by atoms with Crippen molar-refractivity contribution in [1.82, 2.24) is 4.57 Å². The van der Waals surface area contributed by atoms with Gasteiger partial charge in [-0.15, -0.1) is 0 Å². The molecule has 0 radical (unpaired) electrons. The Hall–Kier alpha value is -3.80. The van der Waals surface area contributed by atoms with Gasteiger partial charge in [-0.3, -0.25) is 9.36 Å². The van der Waals surface area contributed by atoms with Crippen LogP contribution in [0.15, 0.2) is 90.7 Å². The molecule has 0 bridgehead atoms. The highest BCUT2D eigenvalue weighted by atomic mass is 79.9. The van der Waals surface area contributed by atoms with Gasteiger partial charge in [0, 0.05) is 0 Å². The maximum Gasteiger partial charge on any atom is 0.338 e. The summed E-state index contributed by atoms with van der Waals surface area (Å²) >= 11 is 8.48. The molecule has 0 amide bonds. The summed E-state index contributed by atoms with van der Waals surface area (Å²) in [5.41, 5.74) is 4.61. The van der Waals surface area contributed by atoms with Gasteiger partial charge in [0.15, 0.2) is 4.80 Å². The Bertz CT molecular complexity index is 1960. The molecular formula is C34H30Br2N2O6S. The fourth-order valence-corrected chi connectivity index (χ4v) is 7.41. The first-order valence-corrected chi connectivity index (χ1v) is 16.7. The van der Waals surface area contributed by atoms with E-state index in [1.54, 1.807) is 43.5 Å². The first-order valence-electron chi connectivity index (χ1n) is 14.2. The molecule has 0 spiro atoms.